The lowest BCUT2D eigenvalue weighted by Gasteiger charge is -2.15. The number of aromatic nitrogens is 2. The van der Waals surface area contributed by atoms with E-state index in [2.05, 4.69) is 4.98 Å². The number of carbonyl (C=O) groups is 1. The Bertz CT molecular complexity index is 474. The first-order valence-electron chi connectivity index (χ1n) is 5.08. The Balaban J connectivity index is 3.14. The molecule has 1 aromatic rings. The molecule has 0 fully saturated rings. The average Bonchev–Trinajstić information content (AvgIpc) is 2.25. The Morgan fingerprint density at radius 1 is 1.50 bits per heavy atom. The Kier molecular flexibility index (Phi) is 4.04. The molecule has 0 aliphatic carbocycles. The van der Waals surface area contributed by atoms with Gasteiger partial charge in [-0.25, -0.2) is 4.79 Å². The van der Waals surface area contributed by atoms with Crippen molar-refractivity contribution in [3.8, 4) is 0 Å². The molecular weight excluding hydrogens is 212 g/mol. The van der Waals surface area contributed by atoms with E-state index in [0.717, 1.165) is 4.57 Å². The zero-order valence-corrected chi connectivity index (χ0v) is 9.23. The van der Waals surface area contributed by atoms with Crippen LogP contribution in [0.5, 0.6) is 0 Å². The standard InChI is InChI=1S/C10H14N2O4/c1-3-7(10(15)16-4-2)12-6-5-11-8(13)9(12)14/h5-7H,3-4H2,1-2H3,(H,11,13)/t7-/m0/s1. The van der Waals surface area contributed by atoms with Crippen LogP contribution >= 0.6 is 0 Å². The minimum Gasteiger partial charge on any atom is -0.464 e. The van der Waals surface area contributed by atoms with E-state index >= 15 is 0 Å². The summed E-state index contributed by atoms with van der Waals surface area (Å²) in [5.41, 5.74) is -1.49. The molecule has 0 unspecified atom stereocenters. The van der Waals surface area contributed by atoms with Gasteiger partial charge in [-0.2, -0.15) is 0 Å². The highest BCUT2D eigenvalue weighted by atomic mass is 16.5. The predicted molar refractivity (Wildman–Crippen MR) is 57.3 cm³/mol. The lowest BCUT2D eigenvalue weighted by molar-refractivity contribution is -0.147. The summed E-state index contributed by atoms with van der Waals surface area (Å²) in [7, 11) is 0. The molecule has 0 aromatic carbocycles. The van der Waals surface area contributed by atoms with Gasteiger partial charge in [0.05, 0.1) is 6.61 Å². The molecule has 0 saturated heterocycles. The third-order valence-corrected chi connectivity index (χ3v) is 2.16. The summed E-state index contributed by atoms with van der Waals surface area (Å²) in [6.07, 6.45) is 3.09. The van der Waals surface area contributed by atoms with E-state index in [1.165, 1.54) is 12.4 Å². The van der Waals surface area contributed by atoms with E-state index in [0.29, 0.717) is 6.42 Å². The first kappa shape index (κ1) is 12.2. The molecule has 0 radical (unpaired) electrons. The van der Waals surface area contributed by atoms with Crippen LogP contribution in [0.2, 0.25) is 0 Å². The molecule has 0 aliphatic heterocycles. The van der Waals surface area contributed by atoms with Crippen molar-refractivity contribution >= 4 is 5.97 Å². The van der Waals surface area contributed by atoms with Crippen molar-refractivity contribution in [2.24, 2.45) is 0 Å². The van der Waals surface area contributed by atoms with Gasteiger partial charge in [0.15, 0.2) is 0 Å². The van der Waals surface area contributed by atoms with Crippen molar-refractivity contribution in [3.63, 3.8) is 0 Å². The van der Waals surface area contributed by atoms with Gasteiger partial charge in [-0.05, 0) is 13.3 Å². The lowest BCUT2D eigenvalue weighted by atomic mass is 10.2. The number of esters is 1. The Hall–Kier alpha value is -1.85. The minimum absolute atomic E-state index is 0.243. The van der Waals surface area contributed by atoms with Crippen molar-refractivity contribution in [2.75, 3.05) is 6.61 Å². The number of ether oxygens (including phenoxy) is 1. The molecule has 88 valence electrons. The fourth-order valence-electron chi connectivity index (χ4n) is 1.40. The summed E-state index contributed by atoms with van der Waals surface area (Å²) in [5, 5.41) is 0. The third-order valence-electron chi connectivity index (χ3n) is 2.16. The molecule has 0 bridgehead atoms. The number of hydrogen-bond donors (Lipinski definition) is 1. The van der Waals surface area contributed by atoms with Gasteiger partial charge in [0.2, 0.25) is 0 Å². The highest BCUT2D eigenvalue weighted by molar-refractivity contribution is 5.74. The maximum atomic E-state index is 11.5. The highest BCUT2D eigenvalue weighted by Gasteiger charge is 2.21. The predicted octanol–water partition coefficient (Wildman–Crippen LogP) is 0.0508. The number of nitrogens with zero attached hydrogens (tertiary/aromatic N) is 1. The quantitative estimate of drug-likeness (QED) is 0.581. The van der Waals surface area contributed by atoms with Crippen LogP contribution in [0.15, 0.2) is 22.0 Å². The number of carbonyl (C=O) groups excluding carboxylic acids is 1. The fraction of sp³-hybridized carbons (Fsp3) is 0.500. The zero-order chi connectivity index (χ0) is 12.1. The number of H-pyrrole nitrogens is 1. The highest BCUT2D eigenvalue weighted by Crippen LogP contribution is 2.09. The smallest absolute Gasteiger partial charge is 0.329 e. The normalized spacial score (nSPS) is 12.1. The Morgan fingerprint density at radius 3 is 2.75 bits per heavy atom. The summed E-state index contributed by atoms with van der Waals surface area (Å²) < 4.78 is 5.93. The number of aromatic amines is 1. The third kappa shape index (κ3) is 2.39. The summed E-state index contributed by atoms with van der Waals surface area (Å²) in [6, 6.07) is -0.741. The SMILES string of the molecule is CCOC(=O)[C@H](CC)n1cc[nH]c(=O)c1=O. The summed E-state index contributed by atoms with van der Waals surface area (Å²) in [5.74, 6) is -0.502. The molecule has 0 amide bonds. The number of nitrogens with one attached hydrogen (secondary N) is 1. The van der Waals surface area contributed by atoms with Gasteiger partial charge in [0, 0.05) is 12.4 Å². The molecular formula is C10H14N2O4. The van der Waals surface area contributed by atoms with Gasteiger partial charge in [0.1, 0.15) is 6.04 Å². The molecule has 0 saturated carbocycles. The molecule has 6 nitrogen and oxygen atoms in total. The topological polar surface area (TPSA) is 81.2 Å². The summed E-state index contributed by atoms with van der Waals surface area (Å²) in [6.45, 7) is 3.67. The van der Waals surface area contributed by atoms with Crippen LogP contribution in [0.25, 0.3) is 0 Å². The zero-order valence-electron chi connectivity index (χ0n) is 9.23. The summed E-state index contributed by atoms with van der Waals surface area (Å²) >= 11 is 0. The van der Waals surface area contributed by atoms with Crippen molar-refractivity contribution in [1.82, 2.24) is 9.55 Å². The Morgan fingerprint density at radius 2 is 2.19 bits per heavy atom. The van der Waals surface area contributed by atoms with Crippen LogP contribution in [-0.4, -0.2) is 22.1 Å². The first-order valence-corrected chi connectivity index (χ1v) is 5.08. The fourth-order valence-corrected chi connectivity index (χ4v) is 1.40. The second kappa shape index (κ2) is 5.29. The van der Waals surface area contributed by atoms with E-state index in [1.54, 1.807) is 13.8 Å². The molecule has 1 N–H and O–H groups in total. The van der Waals surface area contributed by atoms with Gasteiger partial charge >= 0.3 is 17.1 Å². The van der Waals surface area contributed by atoms with Gasteiger partial charge in [-0.1, -0.05) is 6.92 Å². The number of hydrogen-bond acceptors (Lipinski definition) is 4. The largest absolute Gasteiger partial charge is 0.464 e. The van der Waals surface area contributed by atoms with Crippen LogP contribution in [0.3, 0.4) is 0 Å². The Labute approximate surface area is 91.9 Å². The molecule has 1 aromatic heterocycles. The molecule has 0 aliphatic rings. The van der Waals surface area contributed by atoms with Gasteiger partial charge < -0.3 is 9.72 Å². The van der Waals surface area contributed by atoms with Crippen molar-refractivity contribution < 1.29 is 9.53 Å². The average molecular weight is 226 g/mol. The molecule has 16 heavy (non-hydrogen) atoms. The first-order chi connectivity index (χ1) is 7.61. The van der Waals surface area contributed by atoms with Gasteiger partial charge in [-0.15, -0.1) is 0 Å². The van der Waals surface area contributed by atoms with Gasteiger partial charge in [0.25, 0.3) is 0 Å². The molecule has 1 heterocycles. The van der Waals surface area contributed by atoms with Gasteiger partial charge in [-0.3, -0.25) is 14.2 Å². The second-order valence-electron chi connectivity index (χ2n) is 3.18. The van der Waals surface area contributed by atoms with E-state index in [1.807, 2.05) is 0 Å². The molecule has 6 heteroatoms. The van der Waals surface area contributed by atoms with Crippen LogP contribution in [0.4, 0.5) is 0 Å². The van der Waals surface area contributed by atoms with E-state index in [9.17, 15) is 14.4 Å². The van der Waals surface area contributed by atoms with E-state index in [-0.39, 0.29) is 6.61 Å². The van der Waals surface area contributed by atoms with Crippen molar-refractivity contribution in [1.29, 1.82) is 0 Å². The van der Waals surface area contributed by atoms with Crippen molar-refractivity contribution in [2.45, 2.75) is 26.3 Å². The minimum atomic E-state index is -0.748. The molecule has 1 atom stereocenters. The molecule has 1 rings (SSSR count). The van der Waals surface area contributed by atoms with E-state index in [4.69, 9.17) is 4.74 Å². The van der Waals surface area contributed by atoms with E-state index < -0.39 is 23.1 Å². The van der Waals surface area contributed by atoms with Crippen LogP contribution in [0.1, 0.15) is 26.3 Å². The monoisotopic (exact) mass is 226 g/mol. The van der Waals surface area contributed by atoms with Crippen LogP contribution in [0, 0.1) is 0 Å². The number of rotatable bonds is 4. The second-order valence-corrected chi connectivity index (χ2v) is 3.18. The van der Waals surface area contributed by atoms with Crippen molar-refractivity contribution in [3.05, 3.63) is 33.1 Å². The van der Waals surface area contributed by atoms with Crippen LogP contribution < -0.4 is 11.1 Å². The molecule has 0 spiro atoms. The maximum Gasteiger partial charge on any atom is 0.329 e. The maximum absolute atomic E-state index is 11.5. The lowest BCUT2D eigenvalue weighted by Crippen LogP contribution is -2.39. The van der Waals surface area contributed by atoms with Crippen LogP contribution in [-0.2, 0) is 9.53 Å². The summed E-state index contributed by atoms with van der Waals surface area (Å²) in [4.78, 5) is 36.4.